The second-order valence-corrected chi connectivity index (χ2v) is 5.20. The van der Waals surface area contributed by atoms with E-state index in [0.717, 1.165) is 26.1 Å². The number of nitriles is 1. The molecule has 19 heavy (non-hydrogen) atoms. The largest absolute Gasteiger partial charge is 0.301 e. The quantitative estimate of drug-likeness (QED) is 0.836. The Balaban J connectivity index is 2.04. The number of hydrogen-bond donors (Lipinski definition) is 0. The average Bonchev–Trinajstić information content (AvgIpc) is 2.43. The van der Waals surface area contributed by atoms with Crippen molar-refractivity contribution < 1.29 is 4.39 Å². The topological polar surface area (TPSA) is 30.3 Å². The first-order valence-electron chi connectivity index (χ1n) is 6.75. The minimum atomic E-state index is -0.272. The van der Waals surface area contributed by atoms with Gasteiger partial charge in [0.2, 0.25) is 0 Å². The normalized spacial score (nSPS) is 21.3. The molecule has 1 aromatic rings. The molecular weight excluding hydrogens is 241 g/mol. The van der Waals surface area contributed by atoms with Crippen LogP contribution in [0.2, 0.25) is 0 Å². The Bertz CT molecular complexity index is 481. The van der Waals surface area contributed by atoms with E-state index in [9.17, 15) is 4.39 Å². The van der Waals surface area contributed by atoms with Crippen molar-refractivity contribution in [2.24, 2.45) is 0 Å². The first-order chi connectivity index (χ1) is 9.13. The predicted molar refractivity (Wildman–Crippen MR) is 73.1 cm³/mol. The SMILES string of the molecule is CCC1CN(Cc2ccc(C#N)cc2F)CCN1C. The summed E-state index contributed by atoms with van der Waals surface area (Å²) in [6.07, 6.45) is 1.11. The zero-order chi connectivity index (χ0) is 13.8. The molecule has 1 unspecified atom stereocenters. The number of hydrogen-bond acceptors (Lipinski definition) is 3. The molecular formula is C15H20FN3. The van der Waals surface area contributed by atoms with Gasteiger partial charge in [-0.2, -0.15) is 5.26 Å². The van der Waals surface area contributed by atoms with Gasteiger partial charge in [-0.1, -0.05) is 13.0 Å². The van der Waals surface area contributed by atoms with Crippen LogP contribution in [0.4, 0.5) is 4.39 Å². The van der Waals surface area contributed by atoms with Crippen LogP contribution in [0.15, 0.2) is 18.2 Å². The Morgan fingerprint density at radius 3 is 2.84 bits per heavy atom. The van der Waals surface area contributed by atoms with Gasteiger partial charge in [0.05, 0.1) is 11.6 Å². The highest BCUT2D eigenvalue weighted by atomic mass is 19.1. The molecule has 4 heteroatoms. The third-order valence-corrected chi connectivity index (χ3v) is 3.91. The molecule has 0 aromatic heterocycles. The fourth-order valence-electron chi connectivity index (χ4n) is 2.58. The lowest BCUT2D eigenvalue weighted by molar-refractivity contribution is 0.0876. The molecule has 0 radical (unpaired) electrons. The fraction of sp³-hybridized carbons (Fsp3) is 0.533. The van der Waals surface area contributed by atoms with Crippen molar-refractivity contribution in [1.29, 1.82) is 5.26 Å². The number of nitrogens with zero attached hydrogens (tertiary/aromatic N) is 3. The van der Waals surface area contributed by atoms with Gasteiger partial charge in [0.1, 0.15) is 5.82 Å². The van der Waals surface area contributed by atoms with E-state index in [1.54, 1.807) is 12.1 Å². The van der Waals surface area contributed by atoms with E-state index in [1.807, 2.05) is 6.07 Å². The van der Waals surface area contributed by atoms with E-state index in [0.29, 0.717) is 23.7 Å². The van der Waals surface area contributed by atoms with Gasteiger partial charge in [-0.3, -0.25) is 4.90 Å². The van der Waals surface area contributed by atoms with Crippen LogP contribution in [0.3, 0.4) is 0 Å². The van der Waals surface area contributed by atoms with Crippen molar-refractivity contribution in [2.75, 3.05) is 26.7 Å². The maximum absolute atomic E-state index is 13.9. The molecule has 0 spiro atoms. The van der Waals surface area contributed by atoms with Crippen LogP contribution in [-0.2, 0) is 6.54 Å². The molecule has 2 rings (SSSR count). The van der Waals surface area contributed by atoms with Crippen LogP contribution in [0.25, 0.3) is 0 Å². The molecule has 1 fully saturated rings. The first-order valence-corrected chi connectivity index (χ1v) is 6.75. The molecule has 1 aliphatic rings. The summed E-state index contributed by atoms with van der Waals surface area (Å²) >= 11 is 0. The number of rotatable bonds is 3. The summed E-state index contributed by atoms with van der Waals surface area (Å²) in [6.45, 7) is 5.78. The van der Waals surface area contributed by atoms with Crippen molar-refractivity contribution in [2.45, 2.75) is 25.9 Å². The van der Waals surface area contributed by atoms with Gasteiger partial charge in [0, 0.05) is 37.8 Å². The third kappa shape index (κ3) is 3.31. The summed E-state index contributed by atoms with van der Waals surface area (Å²) < 4.78 is 13.9. The standard InChI is InChI=1S/C15H20FN3/c1-3-14-11-19(7-6-18(14)2)10-13-5-4-12(9-17)8-15(13)16/h4-5,8,14H,3,6-7,10-11H2,1-2H3. The third-order valence-electron chi connectivity index (χ3n) is 3.91. The van der Waals surface area contributed by atoms with Gasteiger partial charge in [-0.05, 0) is 25.6 Å². The van der Waals surface area contributed by atoms with E-state index >= 15 is 0 Å². The van der Waals surface area contributed by atoms with E-state index in [2.05, 4.69) is 23.8 Å². The molecule has 3 nitrogen and oxygen atoms in total. The Morgan fingerprint density at radius 1 is 1.42 bits per heavy atom. The Hall–Kier alpha value is -1.44. The molecule has 1 heterocycles. The second-order valence-electron chi connectivity index (χ2n) is 5.20. The average molecular weight is 261 g/mol. The van der Waals surface area contributed by atoms with E-state index in [1.165, 1.54) is 6.07 Å². The van der Waals surface area contributed by atoms with Gasteiger partial charge >= 0.3 is 0 Å². The van der Waals surface area contributed by atoms with Crippen LogP contribution in [0, 0.1) is 17.1 Å². The highest BCUT2D eigenvalue weighted by molar-refractivity contribution is 5.32. The highest BCUT2D eigenvalue weighted by Crippen LogP contribution is 2.16. The lowest BCUT2D eigenvalue weighted by Crippen LogP contribution is -2.50. The zero-order valence-electron chi connectivity index (χ0n) is 11.6. The number of benzene rings is 1. The smallest absolute Gasteiger partial charge is 0.129 e. The molecule has 1 saturated heterocycles. The van der Waals surface area contributed by atoms with E-state index in [4.69, 9.17) is 5.26 Å². The molecule has 1 atom stereocenters. The number of piperazine rings is 1. The van der Waals surface area contributed by atoms with Gasteiger partial charge < -0.3 is 4.90 Å². The summed E-state index contributed by atoms with van der Waals surface area (Å²) in [4.78, 5) is 4.66. The molecule has 102 valence electrons. The van der Waals surface area contributed by atoms with E-state index < -0.39 is 0 Å². The second kappa shape index (κ2) is 6.14. The molecule has 0 aliphatic carbocycles. The Kier molecular flexibility index (Phi) is 4.52. The van der Waals surface area contributed by atoms with Crippen LogP contribution in [0.1, 0.15) is 24.5 Å². The van der Waals surface area contributed by atoms with Gasteiger partial charge in [0.15, 0.2) is 0 Å². The lowest BCUT2D eigenvalue weighted by atomic mass is 10.1. The van der Waals surface area contributed by atoms with Crippen LogP contribution < -0.4 is 0 Å². The first kappa shape index (κ1) is 14.0. The van der Waals surface area contributed by atoms with Crippen LogP contribution >= 0.6 is 0 Å². The Morgan fingerprint density at radius 2 is 2.21 bits per heavy atom. The van der Waals surface area contributed by atoms with Gasteiger partial charge in [-0.15, -0.1) is 0 Å². The summed E-state index contributed by atoms with van der Waals surface area (Å²) in [5.41, 5.74) is 1.06. The minimum Gasteiger partial charge on any atom is -0.301 e. The predicted octanol–water partition coefficient (Wildman–Crippen LogP) is 2.22. The molecule has 0 N–H and O–H groups in total. The van der Waals surface area contributed by atoms with Crippen molar-refractivity contribution in [3.8, 4) is 6.07 Å². The minimum absolute atomic E-state index is 0.272. The van der Waals surface area contributed by atoms with Gasteiger partial charge in [-0.25, -0.2) is 4.39 Å². The van der Waals surface area contributed by atoms with Crippen LogP contribution in [0.5, 0.6) is 0 Å². The number of halogens is 1. The van der Waals surface area contributed by atoms with Crippen molar-refractivity contribution >= 4 is 0 Å². The zero-order valence-corrected chi connectivity index (χ0v) is 11.6. The van der Waals surface area contributed by atoms with E-state index in [-0.39, 0.29) is 5.82 Å². The molecule has 1 aromatic carbocycles. The molecule has 0 saturated carbocycles. The fourth-order valence-corrected chi connectivity index (χ4v) is 2.58. The van der Waals surface area contributed by atoms with Crippen molar-refractivity contribution in [3.63, 3.8) is 0 Å². The van der Waals surface area contributed by atoms with Gasteiger partial charge in [0.25, 0.3) is 0 Å². The van der Waals surface area contributed by atoms with Crippen LogP contribution in [-0.4, -0.2) is 42.5 Å². The maximum Gasteiger partial charge on any atom is 0.129 e. The van der Waals surface area contributed by atoms with Crippen molar-refractivity contribution in [3.05, 3.63) is 35.1 Å². The highest BCUT2D eigenvalue weighted by Gasteiger charge is 2.23. The Labute approximate surface area is 114 Å². The summed E-state index contributed by atoms with van der Waals surface area (Å²) in [5.74, 6) is -0.272. The lowest BCUT2D eigenvalue weighted by Gasteiger charge is -2.39. The molecule has 0 amide bonds. The monoisotopic (exact) mass is 261 g/mol. The summed E-state index contributed by atoms with van der Waals surface area (Å²) in [7, 11) is 2.15. The van der Waals surface area contributed by atoms with Crippen molar-refractivity contribution in [1.82, 2.24) is 9.80 Å². The summed E-state index contributed by atoms with van der Waals surface area (Å²) in [5, 5.41) is 8.74. The maximum atomic E-state index is 13.9. The molecule has 1 aliphatic heterocycles. The summed E-state index contributed by atoms with van der Waals surface area (Å²) in [6, 6.07) is 7.25. The molecule has 0 bridgehead atoms. The number of likely N-dealkylation sites (N-methyl/N-ethyl adjacent to an activating group) is 1.